The van der Waals surface area contributed by atoms with Crippen LogP contribution < -0.4 is 10.5 Å². The molecule has 0 aliphatic carbocycles. The predicted molar refractivity (Wildman–Crippen MR) is 71.6 cm³/mol. The van der Waals surface area contributed by atoms with Gasteiger partial charge in [0.1, 0.15) is 0 Å². The number of nitrogens with one attached hydrogen (secondary N) is 1. The number of nitrogens with two attached hydrogens (primary N) is 1. The third-order valence-corrected chi connectivity index (χ3v) is 4.78. The number of rotatable bonds is 3. The Bertz CT molecular complexity index is 590. The number of hydrogen-bond donors (Lipinski definition) is 2. The Balaban J connectivity index is 3.33. The molecular weight excluding hydrogens is 293 g/mol. The average Bonchev–Trinajstić information content (AvgIpc) is 2.26. The van der Waals surface area contributed by atoms with Gasteiger partial charge in [0.25, 0.3) is 0 Å². The van der Waals surface area contributed by atoms with Crippen molar-refractivity contribution in [2.75, 3.05) is 4.72 Å². The Morgan fingerprint density at radius 1 is 1.20 bits per heavy atom. The fraction of sp³-hybridized carbons (Fsp3) is 0.500. The summed E-state index contributed by atoms with van der Waals surface area (Å²) in [6, 6.07) is 3.28. The highest BCUT2D eigenvalue weighted by atomic mass is 32.2. The maximum absolute atomic E-state index is 13.0. The van der Waals surface area contributed by atoms with Gasteiger partial charge in [-0.3, -0.25) is 4.72 Å². The lowest BCUT2D eigenvalue weighted by molar-refractivity contribution is -0.136. The maximum Gasteiger partial charge on any atom is 0.418 e. The minimum Gasteiger partial charge on any atom is -0.326 e. The summed E-state index contributed by atoms with van der Waals surface area (Å²) >= 11 is 0. The normalized spacial score (nSPS) is 13.3. The topological polar surface area (TPSA) is 72.2 Å². The van der Waals surface area contributed by atoms with Crippen molar-refractivity contribution < 1.29 is 21.6 Å². The van der Waals surface area contributed by atoms with E-state index < -0.39 is 32.2 Å². The lowest BCUT2D eigenvalue weighted by Gasteiger charge is -2.22. The van der Waals surface area contributed by atoms with Gasteiger partial charge in [0.15, 0.2) is 0 Å². The summed E-state index contributed by atoms with van der Waals surface area (Å²) in [5.41, 5.74) is 4.03. The molecule has 1 rings (SSSR count). The Kier molecular flexibility index (Phi) is 4.40. The number of anilines is 1. The molecule has 0 aliphatic heterocycles. The molecule has 1 aromatic carbocycles. The summed E-state index contributed by atoms with van der Waals surface area (Å²) in [5, 5.41) is 0. The molecule has 0 saturated carbocycles. The number of halogens is 3. The second-order valence-corrected chi connectivity index (χ2v) is 7.74. The first-order valence-electron chi connectivity index (χ1n) is 5.81. The molecule has 0 bridgehead atoms. The van der Waals surface area contributed by atoms with Crippen LogP contribution >= 0.6 is 0 Å². The van der Waals surface area contributed by atoms with Crippen LogP contribution in [0.4, 0.5) is 18.9 Å². The van der Waals surface area contributed by atoms with E-state index in [0.717, 1.165) is 12.1 Å². The van der Waals surface area contributed by atoms with Crippen LogP contribution in [0.25, 0.3) is 0 Å². The minimum absolute atomic E-state index is 0.0601. The van der Waals surface area contributed by atoms with E-state index in [1.54, 1.807) is 0 Å². The highest BCUT2D eigenvalue weighted by Gasteiger charge is 2.36. The van der Waals surface area contributed by atoms with Crippen LogP contribution in [-0.4, -0.2) is 13.2 Å². The SMILES string of the molecule is CC(C)(C)S(=O)(=O)Nc1ccc(CN)cc1C(F)(F)F. The van der Waals surface area contributed by atoms with E-state index in [-0.39, 0.29) is 12.1 Å². The third kappa shape index (κ3) is 3.63. The zero-order chi connectivity index (χ0) is 15.8. The molecule has 0 aromatic heterocycles. The van der Waals surface area contributed by atoms with Gasteiger partial charge in [0.2, 0.25) is 10.0 Å². The van der Waals surface area contributed by atoms with Gasteiger partial charge in [0.05, 0.1) is 16.0 Å². The predicted octanol–water partition coefficient (Wildman–Crippen LogP) is 2.70. The molecule has 20 heavy (non-hydrogen) atoms. The molecule has 0 radical (unpaired) electrons. The summed E-state index contributed by atoms with van der Waals surface area (Å²) in [7, 11) is -3.93. The quantitative estimate of drug-likeness (QED) is 0.901. The first kappa shape index (κ1) is 16.8. The maximum atomic E-state index is 13.0. The summed E-state index contributed by atoms with van der Waals surface area (Å²) < 4.78 is 63.6. The monoisotopic (exact) mass is 310 g/mol. The van der Waals surface area contributed by atoms with E-state index >= 15 is 0 Å². The molecule has 3 N–H and O–H groups in total. The Morgan fingerprint density at radius 2 is 1.75 bits per heavy atom. The summed E-state index contributed by atoms with van der Waals surface area (Å²) in [6.07, 6.45) is -4.67. The van der Waals surface area contributed by atoms with Crippen molar-refractivity contribution in [1.29, 1.82) is 0 Å². The smallest absolute Gasteiger partial charge is 0.326 e. The van der Waals surface area contributed by atoms with E-state index in [4.69, 9.17) is 5.73 Å². The van der Waals surface area contributed by atoms with Crippen molar-refractivity contribution in [1.82, 2.24) is 0 Å². The third-order valence-electron chi connectivity index (χ3n) is 2.68. The number of alkyl halides is 3. The highest BCUT2D eigenvalue weighted by Crippen LogP contribution is 2.36. The number of hydrogen-bond acceptors (Lipinski definition) is 3. The van der Waals surface area contributed by atoms with Gasteiger partial charge < -0.3 is 5.73 Å². The average molecular weight is 310 g/mol. The molecule has 1 aromatic rings. The second kappa shape index (κ2) is 5.25. The molecule has 0 amide bonds. The lowest BCUT2D eigenvalue weighted by atomic mass is 10.1. The molecule has 0 atom stereocenters. The second-order valence-electron chi connectivity index (χ2n) is 5.30. The van der Waals surface area contributed by atoms with Gasteiger partial charge in [-0.25, -0.2) is 8.42 Å². The van der Waals surface area contributed by atoms with Crippen molar-refractivity contribution in [3.05, 3.63) is 29.3 Å². The minimum atomic E-state index is -4.67. The zero-order valence-electron chi connectivity index (χ0n) is 11.4. The first-order valence-corrected chi connectivity index (χ1v) is 7.29. The number of sulfonamides is 1. The Labute approximate surface area is 116 Å². The van der Waals surface area contributed by atoms with Crippen LogP contribution in [0.3, 0.4) is 0 Å². The van der Waals surface area contributed by atoms with Gasteiger partial charge in [-0.1, -0.05) is 6.07 Å². The summed E-state index contributed by atoms with van der Waals surface area (Å²) in [5.74, 6) is 0. The fourth-order valence-electron chi connectivity index (χ4n) is 1.34. The fourth-order valence-corrected chi connectivity index (χ4v) is 2.11. The lowest BCUT2D eigenvalue weighted by Crippen LogP contribution is -2.34. The molecule has 0 aliphatic rings. The molecule has 0 fully saturated rings. The van der Waals surface area contributed by atoms with Crippen molar-refractivity contribution in [3.63, 3.8) is 0 Å². The molecular formula is C12H17F3N2O2S. The van der Waals surface area contributed by atoms with Crippen molar-refractivity contribution in [2.24, 2.45) is 5.73 Å². The van der Waals surface area contributed by atoms with E-state index in [0.29, 0.717) is 0 Å². The molecule has 114 valence electrons. The van der Waals surface area contributed by atoms with Crippen LogP contribution in [0.15, 0.2) is 18.2 Å². The van der Waals surface area contributed by atoms with Crippen molar-refractivity contribution in [2.45, 2.75) is 38.2 Å². The van der Waals surface area contributed by atoms with Gasteiger partial charge in [-0.15, -0.1) is 0 Å². The van der Waals surface area contributed by atoms with E-state index in [9.17, 15) is 21.6 Å². The van der Waals surface area contributed by atoms with Crippen molar-refractivity contribution in [3.8, 4) is 0 Å². The molecule has 0 unspecified atom stereocenters. The molecule has 4 nitrogen and oxygen atoms in total. The van der Waals surface area contributed by atoms with Crippen LogP contribution in [-0.2, 0) is 22.7 Å². The summed E-state index contributed by atoms with van der Waals surface area (Å²) in [6.45, 7) is 4.14. The zero-order valence-corrected chi connectivity index (χ0v) is 12.2. The van der Waals surface area contributed by atoms with Gasteiger partial charge in [0, 0.05) is 6.54 Å². The van der Waals surface area contributed by atoms with Crippen LogP contribution in [0, 0.1) is 0 Å². The largest absolute Gasteiger partial charge is 0.418 e. The van der Waals surface area contributed by atoms with Gasteiger partial charge in [-0.2, -0.15) is 13.2 Å². The van der Waals surface area contributed by atoms with Crippen LogP contribution in [0.2, 0.25) is 0 Å². The highest BCUT2D eigenvalue weighted by molar-refractivity contribution is 7.94. The van der Waals surface area contributed by atoms with Crippen LogP contribution in [0.1, 0.15) is 31.9 Å². The Hall–Kier alpha value is -1.28. The van der Waals surface area contributed by atoms with E-state index in [2.05, 4.69) is 0 Å². The van der Waals surface area contributed by atoms with E-state index in [1.807, 2.05) is 4.72 Å². The Morgan fingerprint density at radius 3 is 2.15 bits per heavy atom. The van der Waals surface area contributed by atoms with Gasteiger partial charge in [-0.05, 0) is 38.5 Å². The van der Waals surface area contributed by atoms with Crippen LogP contribution in [0.5, 0.6) is 0 Å². The van der Waals surface area contributed by atoms with Gasteiger partial charge >= 0.3 is 6.18 Å². The summed E-state index contributed by atoms with van der Waals surface area (Å²) in [4.78, 5) is 0. The van der Waals surface area contributed by atoms with E-state index in [1.165, 1.54) is 26.8 Å². The van der Waals surface area contributed by atoms with Crippen molar-refractivity contribution >= 4 is 15.7 Å². The molecule has 8 heteroatoms. The standard InChI is InChI=1S/C12H17F3N2O2S/c1-11(2,3)20(18,19)17-10-5-4-8(7-16)6-9(10)12(13,14)15/h4-6,17H,7,16H2,1-3H3. The molecule has 0 heterocycles. The first-order chi connectivity index (χ1) is 8.88. The molecule has 0 saturated heterocycles. The number of benzene rings is 1. The molecule has 0 spiro atoms.